The molecule has 2 heteroatoms. The Kier molecular flexibility index (Phi) is 3.04. The zero-order chi connectivity index (χ0) is 9.97. The third-order valence-corrected chi connectivity index (χ3v) is 3.53. The Morgan fingerprint density at radius 3 is 3.07 bits per heavy atom. The monoisotopic (exact) mass is 251 g/mol. The molecule has 0 amide bonds. The largest absolute Gasteiger partial charge is 0.231 e. The molecular weight excluding hydrogens is 238 g/mol. The van der Waals surface area contributed by atoms with E-state index in [4.69, 9.17) is 0 Å². The summed E-state index contributed by atoms with van der Waals surface area (Å²) in [6, 6.07) is 9.21. The minimum absolute atomic E-state index is 0.518. The topological polar surface area (TPSA) is 3.24 Å². The number of aryl methyl sites for hydroxylation is 1. The molecule has 1 aliphatic carbocycles. The Hall–Kier alpha value is -0.600. The molecule has 0 aliphatic heterocycles. The van der Waals surface area contributed by atoms with Crippen LogP contribution < -0.4 is 0 Å². The maximum Gasteiger partial charge on any atom is 0.0464 e. The molecule has 0 saturated carbocycles. The first-order chi connectivity index (χ1) is 6.83. The van der Waals surface area contributed by atoms with Crippen molar-refractivity contribution >= 4 is 16.1 Å². The van der Waals surface area contributed by atoms with Gasteiger partial charge in [0, 0.05) is 28.7 Å². The Morgan fingerprint density at radius 1 is 1.50 bits per heavy atom. The van der Waals surface area contributed by atoms with Crippen LogP contribution in [0.15, 0.2) is 36.9 Å². The Morgan fingerprint density at radius 2 is 2.29 bits per heavy atom. The normalized spacial score (nSPS) is 19.7. The zero-order valence-corrected chi connectivity index (χ0v) is 9.70. The van der Waals surface area contributed by atoms with Crippen molar-refractivity contribution in [2.45, 2.75) is 18.9 Å². The summed E-state index contributed by atoms with van der Waals surface area (Å²) >= 11 is 3.60. The number of benzene rings is 1. The Balaban J connectivity index is 2.21. The third-order valence-electron chi connectivity index (χ3n) is 2.74. The van der Waals surface area contributed by atoms with Crippen LogP contribution >= 0.6 is 16.1 Å². The molecule has 0 unspecified atom stereocenters. The van der Waals surface area contributed by atoms with Crippen LogP contribution in [0.1, 0.15) is 23.6 Å². The van der Waals surface area contributed by atoms with Gasteiger partial charge in [0.2, 0.25) is 0 Å². The van der Waals surface area contributed by atoms with Gasteiger partial charge in [0.25, 0.3) is 0 Å². The number of hydrogen-bond donors (Lipinski definition) is 0. The van der Waals surface area contributed by atoms with Crippen molar-refractivity contribution in [3.8, 4) is 0 Å². The molecule has 0 heterocycles. The summed E-state index contributed by atoms with van der Waals surface area (Å²) in [5.41, 5.74) is 2.96. The summed E-state index contributed by atoms with van der Waals surface area (Å²) in [4.78, 5) is 0. The van der Waals surface area contributed by atoms with Crippen LogP contribution in [0.25, 0.3) is 0 Å². The number of nitrogens with zero attached hydrogens (tertiary/aromatic N) is 1. The summed E-state index contributed by atoms with van der Waals surface area (Å²) < 4.78 is 2.19. The van der Waals surface area contributed by atoms with Gasteiger partial charge in [-0.25, -0.2) is 3.93 Å². The fourth-order valence-corrected chi connectivity index (χ4v) is 2.71. The minimum Gasteiger partial charge on any atom is -0.231 e. The highest BCUT2D eigenvalue weighted by Gasteiger charge is 2.25. The maximum atomic E-state index is 3.76. The van der Waals surface area contributed by atoms with Crippen molar-refractivity contribution in [1.29, 1.82) is 0 Å². The molecule has 0 aromatic heterocycles. The SMILES string of the molecule is C=CCN(Br)[C@@H]1CCc2ccccc21. The van der Waals surface area contributed by atoms with Gasteiger partial charge in [0.05, 0.1) is 0 Å². The molecule has 74 valence electrons. The number of rotatable bonds is 3. The Labute approximate surface area is 93.8 Å². The second-order valence-electron chi connectivity index (χ2n) is 3.62. The Bertz CT molecular complexity index is 335. The summed E-state index contributed by atoms with van der Waals surface area (Å²) in [5.74, 6) is 0. The molecule has 0 spiro atoms. The van der Waals surface area contributed by atoms with E-state index in [1.807, 2.05) is 6.08 Å². The van der Waals surface area contributed by atoms with Gasteiger partial charge < -0.3 is 0 Å². The van der Waals surface area contributed by atoms with E-state index < -0.39 is 0 Å². The smallest absolute Gasteiger partial charge is 0.0464 e. The summed E-state index contributed by atoms with van der Waals surface area (Å²) in [5, 5.41) is 0. The van der Waals surface area contributed by atoms with Crippen molar-refractivity contribution in [2.24, 2.45) is 0 Å². The molecule has 1 nitrogen and oxygen atoms in total. The van der Waals surface area contributed by atoms with Gasteiger partial charge in [-0.1, -0.05) is 30.3 Å². The highest BCUT2D eigenvalue weighted by atomic mass is 79.9. The van der Waals surface area contributed by atoms with E-state index in [0.717, 1.165) is 6.54 Å². The first kappa shape index (κ1) is 9.94. The maximum absolute atomic E-state index is 3.76. The first-order valence-corrected chi connectivity index (χ1v) is 5.65. The second-order valence-corrected chi connectivity index (χ2v) is 4.54. The average Bonchev–Trinajstić information content (AvgIpc) is 2.61. The van der Waals surface area contributed by atoms with Gasteiger partial charge in [0.1, 0.15) is 0 Å². The van der Waals surface area contributed by atoms with Gasteiger partial charge in [-0.15, -0.1) is 6.58 Å². The van der Waals surface area contributed by atoms with Crippen LogP contribution in [0.5, 0.6) is 0 Å². The van der Waals surface area contributed by atoms with Crippen LogP contribution in [0.2, 0.25) is 0 Å². The predicted molar refractivity (Wildman–Crippen MR) is 63.3 cm³/mol. The highest BCUT2D eigenvalue weighted by Crippen LogP contribution is 2.36. The zero-order valence-electron chi connectivity index (χ0n) is 8.12. The predicted octanol–water partition coefficient (Wildman–Crippen LogP) is 3.47. The van der Waals surface area contributed by atoms with Gasteiger partial charge in [-0.2, -0.15) is 0 Å². The number of fused-ring (bicyclic) bond motifs is 1. The van der Waals surface area contributed by atoms with Crippen LogP contribution in [0.4, 0.5) is 0 Å². The first-order valence-electron chi connectivity index (χ1n) is 4.94. The summed E-state index contributed by atoms with van der Waals surface area (Å²) in [7, 11) is 0. The lowest BCUT2D eigenvalue weighted by atomic mass is 10.1. The third kappa shape index (κ3) is 1.77. The molecule has 0 saturated heterocycles. The van der Waals surface area contributed by atoms with E-state index >= 15 is 0 Å². The molecule has 0 N–H and O–H groups in total. The van der Waals surface area contributed by atoms with Gasteiger partial charge in [-0.3, -0.25) is 0 Å². The molecule has 1 aromatic rings. The van der Waals surface area contributed by atoms with E-state index in [9.17, 15) is 0 Å². The van der Waals surface area contributed by atoms with E-state index in [2.05, 4.69) is 50.9 Å². The van der Waals surface area contributed by atoms with Gasteiger partial charge in [0.15, 0.2) is 0 Å². The fraction of sp³-hybridized carbons (Fsp3) is 0.333. The van der Waals surface area contributed by atoms with E-state index in [-0.39, 0.29) is 0 Å². The van der Waals surface area contributed by atoms with Crippen LogP contribution in [-0.4, -0.2) is 10.5 Å². The summed E-state index contributed by atoms with van der Waals surface area (Å²) in [6.07, 6.45) is 4.33. The van der Waals surface area contributed by atoms with Crippen LogP contribution in [0, 0.1) is 0 Å². The van der Waals surface area contributed by atoms with E-state index in [1.54, 1.807) is 0 Å². The van der Waals surface area contributed by atoms with Crippen LogP contribution in [0.3, 0.4) is 0 Å². The highest BCUT2D eigenvalue weighted by molar-refractivity contribution is 9.07. The number of hydrogen-bond acceptors (Lipinski definition) is 1. The van der Waals surface area contributed by atoms with Crippen molar-refractivity contribution in [3.05, 3.63) is 48.0 Å². The molecular formula is C12H14BrN. The molecule has 1 aromatic carbocycles. The second kappa shape index (κ2) is 4.28. The molecule has 2 rings (SSSR count). The molecule has 0 radical (unpaired) electrons. The molecule has 14 heavy (non-hydrogen) atoms. The van der Waals surface area contributed by atoms with Crippen LogP contribution in [-0.2, 0) is 6.42 Å². The molecule has 0 fully saturated rings. The van der Waals surface area contributed by atoms with E-state index in [0.29, 0.717) is 6.04 Å². The molecule has 1 aliphatic rings. The molecule has 0 bridgehead atoms. The van der Waals surface area contributed by atoms with Crippen molar-refractivity contribution in [2.75, 3.05) is 6.54 Å². The lowest BCUT2D eigenvalue weighted by Gasteiger charge is -2.20. The van der Waals surface area contributed by atoms with Gasteiger partial charge in [-0.05, 0) is 24.0 Å². The minimum atomic E-state index is 0.518. The molecule has 1 atom stereocenters. The average molecular weight is 252 g/mol. The van der Waals surface area contributed by atoms with Crippen molar-refractivity contribution in [3.63, 3.8) is 0 Å². The van der Waals surface area contributed by atoms with E-state index in [1.165, 1.54) is 24.0 Å². The van der Waals surface area contributed by atoms with Gasteiger partial charge >= 0.3 is 0 Å². The lowest BCUT2D eigenvalue weighted by Crippen LogP contribution is -2.16. The quantitative estimate of drug-likeness (QED) is 0.588. The van der Waals surface area contributed by atoms with Crippen molar-refractivity contribution in [1.82, 2.24) is 3.93 Å². The standard InChI is InChI=1S/C12H14BrN/c1-2-9-14(13)12-8-7-10-5-3-4-6-11(10)12/h2-6,12H,1,7-9H2/t12-/m1/s1. The van der Waals surface area contributed by atoms with Crippen molar-refractivity contribution < 1.29 is 0 Å². The lowest BCUT2D eigenvalue weighted by molar-refractivity contribution is 0.402. The summed E-state index contributed by atoms with van der Waals surface area (Å²) in [6.45, 7) is 4.64. The fourth-order valence-electron chi connectivity index (χ4n) is 2.08. The number of halogens is 1.